The summed E-state index contributed by atoms with van der Waals surface area (Å²) in [6, 6.07) is -0.0613. The molecule has 0 aromatic heterocycles. The Hall–Kier alpha value is -0.660. The maximum Gasteiger partial charge on any atom is 0.304 e. The highest BCUT2D eigenvalue weighted by atomic mass is 32.2. The summed E-state index contributed by atoms with van der Waals surface area (Å²) in [5.41, 5.74) is 0. The lowest BCUT2D eigenvalue weighted by Crippen LogP contribution is -2.37. The van der Waals surface area contributed by atoms with Gasteiger partial charge in [-0.2, -0.15) is 0 Å². The molecule has 0 aromatic rings. The lowest BCUT2D eigenvalue weighted by molar-refractivity contribution is -0.136. The van der Waals surface area contributed by atoms with Crippen molar-refractivity contribution >= 4 is 16.0 Å². The van der Waals surface area contributed by atoms with E-state index in [1.165, 1.54) is 0 Å². The topological polar surface area (TPSA) is 95.5 Å². The second kappa shape index (κ2) is 6.17. The minimum absolute atomic E-state index is 0.0613. The van der Waals surface area contributed by atoms with Gasteiger partial charge in [0.1, 0.15) is 0 Å². The van der Waals surface area contributed by atoms with E-state index in [2.05, 4.69) is 10.0 Å². The third-order valence-corrected chi connectivity index (χ3v) is 3.94. The minimum Gasteiger partial charge on any atom is -0.481 e. The highest BCUT2D eigenvalue weighted by Gasteiger charge is 2.19. The van der Waals surface area contributed by atoms with E-state index in [1.54, 1.807) is 0 Å². The minimum atomic E-state index is -3.45. The molecule has 6 nitrogen and oxygen atoms in total. The average molecular weight is 250 g/mol. The molecular weight excluding hydrogens is 232 g/mol. The number of hydrogen-bond donors (Lipinski definition) is 3. The first-order valence-electron chi connectivity index (χ1n) is 5.42. The Morgan fingerprint density at radius 2 is 2.12 bits per heavy atom. The van der Waals surface area contributed by atoms with Gasteiger partial charge in [-0.1, -0.05) is 0 Å². The van der Waals surface area contributed by atoms with Crippen LogP contribution in [0.2, 0.25) is 0 Å². The number of nitrogens with one attached hydrogen (secondary N) is 2. The summed E-state index contributed by atoms with van der Waals surface area (Å²) >= 11 is 0. The normalized spacial score (nSPS) is 22.6. The molecule has 1 aliphatic rings. The number of rotatable bonds is 5. The van der Waals surface area contributed by atoms with E-state index >= 15 is 0 Å². The average Bonchev–Trinajstić information content (AvgIpc) is 2.43. The Labute approximate surface area is 95.5 Å². The zero-order chi connectivity index (χ0) is 12.0. The molecule has 16 heavy (non-hydrogen) atoms. The highest BCUT2D eigenvalue weighted by molar-refractivity contribution is 7.89. The summed E-state index contributed by atoms with van der Waals surface area (Å²) in [5.74, 6) is -1.43. The Bertz CT molecular complexity index is 320. The fourth-order valence-corrected chi connectivity index (χ4v) is 2.98. The molecule has 1 heterocycles. The molecule has 1 atom stereocenters. The van der Waals surface area contributed by atoms with Crippen molar-refractivity contribution in [3.05, 3.63) is 0 Å². The monoisotopic (exact) mass is 250 g/mol. The van der Waals surface area contributed by atoms with Gasteiger partial charge in [-0.05, 0) is 32.4 Å². The summed E-state index contributed by atoms with van der Waals surface area (Å²) in [4.78, 5) is 10.3. The summed E-state index contributed by atoms with van der Waals surface area (Å²) in [6.07, 6.45) is 2.15. The van der Waals surface area contributed by atoms with Crippen molar-refractivity contribution in [1.82, 2.24) is 10.0 Å². The molecule has 0 aliphatic carbocycles. The molecule has 3 N–H and O–H groups in total. The second-order valence-electron chi connectivity index (χ2n) is 3.96. The van der Waals surface area contributed by atoms with Crippen molar-refractivity contribution in [3.8, 4) is 0 Å². The summed E-state index contributed by atoms with van der Waals surface area (Å²) < 4.78 is 25.6. The van der Waals surface area contributed by atoms with Gasteiger partial charge in [0.2, 0.25) is 10.0 Å². The maximum atomic E-state index is 11.5. The molecule has 94 valence electrons. The third-order valence-electron chi connectivity index (χ3n) is 2.51. The van der Waals surface area contributed by atoms with Gasteiger partial charge in [-0.15, -0.1) is 0 Å². The Morgan fingerprint density at radius 1 is 1.38 bits per heavy atom. The Kier molecular flexibility index (Phi) is 5.17. The van der Waals surface area contributed by atoms with Crippen LogP contribution in [0.25, 0.3) is 0 Å². The van der Waals surface area contributed by atoms with Crippen LogP contribution in [0, 0.1) is 0 Å². The predicted molar refractivity (Wildman–Crippen MR) is 59.7 cm³/mol. The van der Waals surface area contributed by atoms with Crippen LogP contribution < -0.4 is 10.0 Å². The molecule has 0 bridgehead atoms. The predicted octanol–water partition coefficient (Wildman–Crippen LogP) is -0.477. The first-order chi connectivity index (χ1) is 7.49. The van der Waals surface area contributed by atoms with E-state index in [1.807, 2.05) is 0 Å². The van der Waals surface area contributed by atoms with E-state index < -0.39 is 16.0 Å². The smallest absolute Gasteiger partial charge is 0.304 e. The van der Waals surface area contributed by atoms with Crippen molar-refractivity contribution in [3.63, 3.8) is 0 Å². The van der Waals surface area contributed by atoms with Crippen LogP contribution in [0.4, 0.5) is 0 Å². The molecule has 1 saturated heterocycles. The van der Waals surface area contributed by atoms with Gasteiger partial charge in [0.05, 0.1) is 12.2 Å². The number of aliphatic carboxylic acids is 1. The van der Waals surface area contributed by atoms with E-state index in [9.17, 15) is 13.2 Å². The quantitative estimate of drug-likeness (QED) is 0.612. The molecular formula is C9H18N2O4S. The molecule has 1 unspecified atom stereocenters. The largest absolute Gasteiger partial charge is 0.481 e. The highest BCUT2D eigenvalue weighted by Crippen LogP contribution is 2.06. The molecule has 1 rings (SSSR count). The molecule has 7 heteroatoms. The zero-order valence-corrected chi connectivity index (χ0v) is 9.92. The SMILES string of the molecule is O=C(O)CCS(=O)(=O)NC1CCCNCC1. The maximum absolute atomic E-state index is 11.5. The molecule has 1 aliphatic heterocycles. The van der Waals surface area contributed by atoms with Crippen molar-refractivity contribution in [2.75, 3.05) is 18.8 Å². The van der Waals surface area contributed by atoms with E-state index in [4.69, 9.17) is 5.11 Å². The van der Waals surface area contributed by atoms with Crippen LogP contribution in [0.3, 0.4) is 0 Å². The van der Waals surface area contributed by atoms with Crippen LogP contribution >= 0.6 is 0 Å². The summed E-state index contributed by atoms with van der Waals surface area (Å²) in [5, 5.41) is 11.6. The number of hydrogen-bond acceptors (Lipinski definition) is 4. The Balaban J connectivity index is 2.41. The number of sulfonamides is 1. The fraction of sp³-hybridized carbons (Fsp3) is 0.889. The number of carbonyl (C=O) groups is 1. The van der Waals surface area contributed by atoms with Gasteiger partial charge in [-0.3, -0.25) is 4.79 Å². The Morgan fingerprint density at radius 3 is 2.81 bits per heavy atom. The van der Waals surface area contributed by atoms with Gasteiger partial charge in [-0.25, -0.2) is 13.1 Å². The second-order valence-corrected chi connectivity index (χ2v) is 5.83. The van der Waals surface area contributed by atoms with Crippen LogP contribution in [0.1, 0.15) is 25.7 Å². The van der Waals surface area contributed by atoms with Gasteiger partial charge in [0.15, 0.2) is 0 Å². The molecule has 0 spiro atoms. The van der Waals surface area contributed by atoms with Gasteiger partial charge in [0.25, 0.3) is 0 Å². The fourth-order valence-electron chi connectivity index (χ4n) is 1.67. The van der Waals surface area contributed by atoms with E-state index in [0.29, 0.717) is 0 Å². The lowest BCUT2D eigenvalue weighted by Gasteiger charge is -2.15. The van der Waals surface area contributed by atoms with Crippen molar-refractivity contribution < 1.29 is 18.3 Å². The lowest BCUT2D eigenvalue weighted by atomic mass is 10.1. The standard InChI is InChI=1S/C9H18N2O4S/c12-9(13)4-7-16(14,15)11-8-2-1-5-10-6-3-8/h8,10-11H,1-7H2,(H,12,13). The van der Waals surface area contributed by atoms with E-state index in [-0.39, 0.29) is 18.2 Å². The van der Waals surface area contributed by atoms with E-state index in [0.717, 1.165) is 32.4 Å². The molecule has 0 amide bonds. The van der Waals surface area contributed by atoms with Gasteiger partial charge >= 0.3 is 5.97 Å². The number of carboxylic acid groups (broad SMARTS) is 1. The van der Waals surface area contributed by atoms with Crippen molar-refractivity contribution in [2.45, 2.75) is 31.7 Å². The van der Waals surface area contributed by atoms with Gasteiger partial charge < -0.3 is 10.4 Å². The molecule has 0 radical (unpaired) electrons. The summed E-state index contributed by atoms with van der Waals surface area (Å²) in [6.45, 7) is 1.71. The first kappa shape index (κ1) is 13.4. The van der Waals surface area contributed by atoms with Crippen LogP contribution in [0.15, 0.2) is 0 Å². The van der Waals surface area contributed by atoms with Crippen molar-refractivity contribution in [2.24, 2.45) is 0 Å². The number of carboxylic acids is 1. The molecule has 0 aromatic carbocycles. The van der Waals surface area contributed by atoms with Crippen LogP contribution in [0.5, 0.6) is 0 Å². The van der Waals surface area contributed by atoms with Gasteiger partial charge in [0, 0.05) is 6.04 Å². The zero-order valence-electron chi connectivity index (χ0n) is 9.11. The van der Waals surface area contributed by atoms with Crippen LogP contribution in [-0.4, -0.2) is 44.4 Å². The summed E-state index contributed by atoms with van der Waals surface area (Å²) in [7, 11) is -3.45. The molecule has 1 fully saturated rings. The molecule has 0 saturated carbocycles. The first-order valence-corrected chi connectivity index (χ1v) is 7.07. The third kappa shape index (κ3) is 5.43. The van der Waals surface area contributed by atoms with Crippen LogP contribution in [-0.2, 0) is 14.8 Å². The van der Waals surface area contributed by atoms with Crippen molar-refractivity contribution in [1.29, 1.82) is 0 Å².